The number of likely N-dealkylation sites (tertiary alicyclic amines) is 1. The topological polar surface area (TPSA) is 84.5 Å². The van der Waals surface area contributed by atoms with Crippen molar-refractivity contribution in [1.29, 1.82) is 0 Å². The lowest BCUT2D eigenvalue weighted by Gasteiger charge is -2.43. The van der Waals surface area contributed by atoms with Gasteiger partial charge in [0.1, 0.15) is 11.0 Å². The summed E-state index contributed by atoms with van der Waals surface area (Å²) in [5, 5.41) is 7.22. The van der Waals surface area contributed by atoms with Crippen LogP contribution < -0.4 is 0 Å². The molecule has 1 saturated heterocycles. The summed E-state index contributed by atoms with van der Waals surface area (Å²) in [5.74, 6) is -0.479. The monoisotopic (exact) mass is 319 g/mol. The van der Waals surface area contributed by atoms with Gasteiger partial charge in [-0.3, -0.25) is 14.7 Å². The molecule has 1 aliphatic carbocycles. The lowest BCUT2D eigenvalue weighted by Crippen LogP contribution is -2.51. The van der Waals surface area contributed by atoms with E-state index in [1.54, 1.807) is 4.90 Å². The number of methoxy groups -OCH3 is 1. The summed E-state index contributed by atoms with van der Waals surface area (Å²) in [5.41, 5.74) is 1.00. The largest absolute Gasteiger partial charge is 0.468 e. The molecular weight excluding hydrogens is 298 g/mol. The first-order chi connectivity index (χ1) is 11.1. The second-order valence-corrected chi connectivity index (χ2v) is 6.73. The number of carbonyl (C=O) groups excluding carboxylic acids is 2. The third-order valence-corrected chi connectivity index (χ3v) is 5.52. The Hall–Kier alpha value is -1.89. The van der Waals surface area contributed by atoms with Crippen molar-refractivity contribution in [2.45, 2.75) is 37.7 Å². The van der Waals surface area contributed by atoms with Gasteiger partial charge in [0.25, 0.3) is 0 Å². The molecule has 1 aromatic rings. The van der Waals surface area contributed by atoms with Gasteiger partial charge >= 0.3 is 5.97 Å². The Morgan fingerprint density at radius 3 is 2.70 bits per heavy atom. The molecule has 1 N–H and O–H groups in total. The van der Waals surface area contributed by atoms with E-state index in [1.807, 2.05) is 6.20 Å². The van der Waals surface area contributed by atoms with Crippen molar-refractivity contribution >= 4 is 11.9 Å². The van der Waals surface area contributed by atoms with Gasteiger partial charge in [-0.15, -0.1) is 0 Å². The number of hydrogen-bond acceptors (Lipinski definition) is 5. The summed E-state index contributed by atoms with van der Waals surface area (Å²) in [4.78, 5) is 26.4. The van der Waals surface area contributed by atoms with Crippen molar-refractivity contribution in [3.8, 4) is 0 Å². The third kappa shape index (κ3) is 2.09. The molecule has 1 aromatic heterocycles. The summed E-state index contributed by atoms with van der Waals surface area (Å²) in [7, 11) is 1.34. The third-order valence-electron chi connectivity index (χ3n) is 5.52. The standard InChI is InChI=1S/C16H21N3O4/c1-22-14(21)15(3-4-15)13(20)19-7-5-16(6-8-19)12-11(2-9-23-16)10-17-18-12/h10H,2-9H2,1H3,(H,17,18). The maximum absolute atomic E-state index is 12.7. The minimum absolute atomic E-state index is 0.0835. The fraction of sp³-hybridized carbons (Fsp3) is 0.688. The molecule has 0 unspecified atom stereocenters. The number of esters is 1. The maximum Gasteiger partial charge on any atom is 0.321 e. The van der Waals surface area contributed by atoms with Gasteiger partial charge in [-0.05, 0) is 37.7 Å². The molecule has 0 bridgehead atoms. The quantitative estimate of drug-likeness (QED) is 0.642. The van der Waals surface area contributed by atoms with Crippen LogP contribution >= 0.6 is 0 Å². The molecule has 124 valence electrons. The van der Waals surface area contributed by atoms with E-state index >= 15 is 0 Å². The van der Waals surface area contributed by atoms with Gasteiger partial charge in [0.05, 0.1) is 25.6 Å². The molecular formula is C16H21N3O4. The first kappa shape index (κ1) is 14.7. The average molecular weight is 319 g/mol. The lowest BCUT2D eigenvalue weighted by atomic mass is 9.83. The SMILES string of the molecule is COC(=O)C1(C(=O)N2CCC3(CC2)OCCc2cn[nH]c23)CC1. The lowest BCUT2D eigenvalue weighted by molar-refractivity contribution is -0.159. The molecule has 1 amide bonds. The molecule has 7 heteroatoms. The normalized spacial score (nSPS) is 24.1. The molecule has 0 atom stereocenters. The molecule has 1 saturated carbocycles. The highest BCUT2D eigenvalue weighted by molar-refractivity contribution is 6.05. The highest BCUT2D eigenvalue weighted by atomic mass is 16.5. The molecule has 4 rings (SSSR count). The first-order valence-electron chi connectivity index (χ1n) is 8.16. The van der Waals surface area contributed by atoms with E-state index < -0.39 is 11.4 Å². The van der Waals surface area contributed by atoms with Crippen LogP contribution in [0.1, 0.15) is 36.9 Å². The zero-order valence-electron chi connectivity index (χ0n) is 13.3. The van der Waals surface area contributed by atoms with Crippen molar-refractivity contribution < 1.29 is 19.1 Å². The number of H-pyrrole nitrogens is 1. The van der Waals surface area contributed by atoms with Gasteiger partial charge in [-0.1, -0.05) is 0 Å². The fourth-order valence-electron chi connectivity index (χ4n) is 3.92. The van der Waals surface area contributed by atoms with Crippen molar-refractivity contribution in [1.82, 2.24) is 15.1 Å². The summed E-state index contributed by atoms with van der Waals surface area (Å²) >= 11 is 0. The smallest absolute Gasteiger partial charge is 0.321 e. The summed E-state index contributed by atoms with van der Waals surface area (Å²) in [6, 6.07) is 0. The van der Waals surface area contributed by atoms with E-state index in [4.69, 9.17) is 9.47 Å². The van der Waals surface area contributed by atoms with E-state index in [1.165, 1.54) is 12.7 Å². The van der Waals surface area contributed by atoms with Crippen LogP contribution in [0.5, 0.6) is 0 Å². The molecule has 0 radical (unpaired) electrons. The molecule has 1 spiro atoms. The second-order valence-electron chi connectivity index (χ2n) is 6.73. The number of fused-ring (bicyclic) bond motifs is 2. The number of ether oxygens (including phenoxy) is 2. The van der Waals surface area contributed by atoms with Crippen molar-refractivity contribution in [2.24, 2.45) is 5.41 Å². The van der Waals surface area contributed by atoms with Crippen LogP contribution in [0.15, 0.2) is 6.20 Å². The fourth-order valence-corrected chi connectivity index (χ4v) is 3.92. The van der Waals surface area contributed by atoms with E-state index in [-0.39, 0.29) is 11.5 Å². The van der Waals surface area contributed by atoms with Crippen LogP contribution in [0.2, 0.25) is 0 Å². The number of nitrogens with one attached hydrogen (secondary N) is 1. The van der Waals surface area contributed by atoms with Gasteiger partial charge < -0.3 is 14.4 Å². The molecule has 23 heavy (non-hydrogen) atoms. The van der Waals surface area contributed by atoms with Crippen LogP contribution in [-0.4, -0.2) is 53.8 Å². The maximum atomic E-state index is 12.7. The Morgan fingerprint density at radius 1 is 1.30 bits per heavy atom. The van der Waals surface area contributed by atoms with E-state index in [0.717, 1.165) is 25.0 Å². The minimum Gasteiger partial charge on any atom is -0.468 e. The van der Waals surface area contributed by atoms with Gasteiger partial charge in [0.2, 0.25) is 5.91 Å². The van der Waals surface area contributed by atoms with Gasteiger partial charge in [-0.2, -0.15) is 5.10 Å². The minimum atomic E-state index is -0.911. The molecule has 3 aliphatic rings. The van der Waals surface area contributed by atoms with Crippen LogP contribution in [-0.2, 0) is 31.1 Å². The van der Waals surface area contributed by atoms with Crippen molar-refractivity contribution in [2.75, 3.05) is 26.8 Å². The Labute approximate surface area is 134 Å². The molecule has 2 fully saturated rings. The molecule has 7 nitrogen and oxygen atoms in total. The van der Waals surface area contributed by atoms with Crippen molar-refractivity contribution in [3.63, 3.8) is 0 Å². The number of aromatic nitrogens is 2. The summed E-state index contributed by atoms with van der Waals surface area (Å²) < 4.78 is 10.9. The molecule has 3 heterocycles. The highest BCUT2D eigenvalue weighted by Crippen LogP contribution is 2.49. The van der Waals surface area contributed by atoms with E-state index in [2.05, 4.69) is 10.2 Å². The van der Waals surface area contributed by atoms with Gasteiger partial charge in [0, 0.05) is 13.1 Å². The Morgan fingerprint density at radius 2 is 2.04 bits per heavy atom. The number of rotatable bonds is 2. The zero-order chi connectivity index (χ0) is 16.1. The molecule has 2 aliphatic heterocycles. The van der Waals surface area contributed by atoms with Crippen LogP contribution in [0, 0.1) is 5.41 Å². The number of carbonyl (C=O) groups is 2. The number of piperidine rings is 1. The number of amides is 1. The highest BCUT2D eigenvalue weighted by Gasteiger charge is 2.60. The van der Waals surface area contributed by atoms with E-state index in [9.17, 15) is 9.59 Å². The number of aromatic amines is 1. The van der Waals surface area contributed by atoms with Crippen molar-refractivity contribution in [3.05, 3.63) is 17.5 Å². The van der Waals surface area contributed by atoms with Crippen LogP contribution in [0.25, 0.3) is 0 Å². The number of nitrogens with zero attached hydrogens (tertiary/aromatic N) is 2. The number of hydrogen-bond donors (Lipinski definition) is 1. The summed E-state index contributed by atoms with van der Waals surface area (Å²) in [6.07, 6.45) is 5.40. The van der Waals surface area contributed by atoms with Gasteiger partial charge in [-0.25, -0.2) is 0 Å². The van der Waals surface area contributed by atoms with Gasteiger partial charge in [0.15, 0.2) is 0 Å². The van der Waals surface area contributed by atoms with E-state index in [0.29, 0.717) is 32.5 Å². The first-order valence-corrected chi connectivity index (χ1v) is 8.16. The Balaban J connectivity index is 1.49. The Bertz CT molecular complexity index is 642. The Kier molecular flexibility index (Phi) is 3.23. The predicted octanol–water partition coefficient (Wildman–Crippen LogP) is 0.753. The second kappa shape index (κ2) is 5.06. The predicted molar refractivity (Wildman–Crippen MR) is 79.4 cm³/mol. The van der Waals surface area contributed by atoms with Crippen LogP contribution in [0.4, 0.5) is 0 Å². The van der Waals surface area contributed by atoms with Crippen LogP contribution in [0.3, 0.4) is 0 Å². The summed E-state index contributed by atoms with van der Waals surface area (Å²) in [6.45, 7) is 1.87. The zero-order valence-corrected chi connectivity index (χ0v) is 13.3. The average Bonchev–Trinajstić information content (AvgIpc) is 3.25. The molecule has 0 aromatic carbocycles.